The first-order valence-electron chi connectivity index (χ1n) is 8.48. The Kier molecular flexibility index (Phi) is 5.38. The van der Waals surface area contributed by atoms with Gasteiger partial charge in [0.25, 0.3) is 0 Å². The molecular formula is C17H24ClN3O2. The van der Waals surface area contributed by atoms with E-state index in [1.165, 1.54) is 0 Å². The molecule has 126 valence electrons. The van der Waals surface area contributed by atoms with Gasteiger partial charge in [0.05, 0.1) is 17.2 Å². The number of aliphatic hydroxyl groups is 1. The van der Waals surface area contributed by atoms with Gasteiger partial charge in [-0.25, -0.2) is 4.98 Å². The number of carbonyl (C=O) groups excluding carboxylic acids is 1. The first-order valence-corrected chi connectivity index (χ1v) is 8.86. The molecule has 3 rings (SSSR count). The molecule has 1 amide bonds. The Hall–Kier alpha value is -1.33. The maximum atomic E-state index is 12.4. The van der Waals surface area contributed by atoms with Crippen LogP contribution < -0.4 is 10.2 Å². The highest BCUT2D eigenvalue weighted by molar-refractivity contribution is 6.30. The monoisotopic (exact) mass is 337 g/mol. The number of aromatic nitrogens is 1. The lowest BCUT2D eigenvalue weighted by molar-refractivity contribution is -0.127. The summed E-state index contributed by atoms with van der Waals surface area (Å²) in [6.45, 7) is 1.64. The number of carbonyl (C=O) groups is 1. The van der Waals surface area contributed by atoms with Gasteiger partial charge in [-0.15, -0.1) is 0 Å². The number of hydrogen-bond acceptors (Lipinski definition) is 4. The van der Waals surface area contributed by atoms with Crippen molar-refractivity contribution in [3.05, 3.63) is 23.4 Å². The van der Waals surface area contributed by atoms with Crippen molar-refractivity contribution in [3.8, 4) is 0 Å². The van der Waals surface area contributed by atoms with E-state index >= 15 is 0 Å². The zero-order valence-corrected chi connectivity index (χ0v) is 14.0. The van der Waals surface area contributed by atoms with Crippen LogP contribution in [-0.4, -0.2) is 41.2 Å². The summed E-state index contributed by atoms with van der Waals surface area (Å²) in [6.07, 6.45) is 6.73. The molecule has 2 fully saturated rings. The van der Waals surface area contributed by atoms with E-state index in [9.17, 15) is 9.90 Å². The maximum Gasteiger partial charge on any atom is 0.223 e. The number of aliphatic hydroxyl groups excluding tert-OH is 1. The molecule has 2 unspecified atom stereocenters. The predicted molar refractivity (Wildman–Crippen MR) is 90.6 cm³/mol. The normalized spacial score (nSPS) is 26.1. The van der Waals surface area contributed by atoms with E-state index in [-0.39, 0.29) is 24.0 Å². The minimum Gasteiger partial charge on any atom is -0.391 e. The molecule has 0 radical (unpaired) electrons. The summed E-state index contributed by atoms with van der Waals surface area (Å²) in [7, 11) is 0. The topological polar surface area (TPSA) is 65.5 Å². The molecule has 2 aliphatic rings. The van der Waals surface area contributed by atoms with Crippen LogP contribution in [0.5, 0.6) is 0 Å². The number of pyridine rings is 1. The van der Waals surface area contributed by atoms with E-state index in [1.54, 1.807) is 6.20 Å². The highest BCUT2D eigenvalue weighted by Gasteiger charge is 2.30. The fourth-order valence-corrected chi connectivity index (χ4v) is 3.62. The number of piperidine rings is 1. The van der Waals surface area contributed by atoms with Gasteiger partial charge in [-0.05, 0) is 37.8 Å². The molecule has 23 heavy (non-hydrogen) atoms. The van der Waals surface area contributed by atoms with Crippen molar-refractivity contribution in [1.82, 2.24) is 10.3 Å². The first kappa shape index (κ1) is 16.5. The quantitative estimate of drug-likeness (QED) is 0.888. The molecule has 1 aromatic heterocycles. The van der Waals surface area contributed by atoms with Crippen molar-refractivity contribution in [1.29, 1.82) is 0 Å². The second-order valence-electron chi connectivity index (χ2n) is 6.56. The van der Waals surface area contributed by atoms with Crippen LogP contribution in [0.3, 0.4) is 0 Å². The second kappa shape index (κ2) is 7.49. The average molecular weight is 338 g/mol. The largest absolute Gasteiger partial charge is 0.391 e. The molecule has 6 heteroatoms. The van der Waals surface area contributed by atoms with Crippen LogP contribution in [0.4, 0.5) is 5.82 Å². The Morgan fingerprint density at radius 2 is 1.96 bits per heavy atom. The highest BCUT2D eigenvalue weighted by Crippen LogP contribution is 2.24. The summed E-state index contributed by atoms with van der Waals surface area (Å²) in [6, 6.07) is 3.70. The van der Waals surface area contributed by atoms with Crippen molar-refractivity contribution in [3.63, 3.8) is 0 Å². The standard InChI is InChI=1S/C17H24ClN3O2/c18-13-5-6-16(19-11-13)21-9-7-12(8-10-21)17(23)20-14-3-1-2-4-15(14)22/h5-6,11-12,14-15,22H,1-4,7-10H2,(H,20,23). The van der Waals surface area contributed by atoms with Crippen LogP contribution >= 0.6 is 11.6 Å². The third-order valence-corrected chi connectivity index (χ3v) is 5.18. The summed E-state index contributed by atoms with van der Waals surface area (Å²) in [5.41, 5.74) is 0. The van der Waals surface area contributed by atoms with Gasteiger partial charge in [0, 0.05) is 25.2 Å². The number of halogens is 1. The van der Waals surface area contributed by atoms with Gasteiger partial charge >= 0.3 is 0 Å². The van der Waals surface area contributed by atoms with Gasteiger partial charge in [0.15, 0.2) is 0 Å². The molecule has 5 nitrogen and oxygen atoms in total. The van der Waals surface area contributed by atoms with Gasteiger partial charge in [-0.3, -0.25) is 4.79 Å². The van der Waals surface area contributed by atoms with Crippen molar-refractivity contribution in [2.24, 2.45) is 5.92 Å². The van der Waals surface area contributed by atoms with Gasteiger partial charge < -0.3 is 15.3 Å². The zero-order valence-electron chi connectivity index (χ0n) is 13.2. The molecule has 1 aromatic rings. The van der Waals surface area contributed by atoms with Crippen LogP contribution in [0.25, 0.3) is 0 Å². The minimum absolute atomic E-state index is 0.0349. The molecular weight excluding hydrogens is 314 g/mol. The van der Waals surface area contributed by atoms with Crippen LogP contribution in [0, 0.1) is 5.92 Å². The van der Waals surface area contributed by atoms with Gasteiger partial charge in [-0.1, -0.05) is 24.4 Å². The smallest absolute Gasteiger partial charge is 0.223 e. The molecule has 1 saturated carbocycles. The highest BCUT2D eigenvalue weighted by atomic mass is 35.5. The fraction of sp³-hybridized carbons (Fsp3) is 0.647. The lowest BCUT2D eigenvalue weighted by Crippen LogP contribution is -2.49. The molecule has 0 spiro atoms. The Bertz CT molecular complexity index is 529. The number of nitrogens with one attached hydrogen (secondary N) is 1. The van der Waals surface area contributed by atoms with Gasteiger partial charge in [-0.2, -0.15) is 0 Å². The van der Waals surface area contributed by atoms with E-state index in [0.29, 0.717) is 5.02 Å². The SMILES string of the molecule is O=C(NC1CCCCC1O)C1CCN(c2ccc(Cl)cn2)CC1. The first-order chi connectivity index (χ1) is 11.1. The van der Waals surface area contributed by atoms with Gasteiger partial charge in [0.1, 0.15) is 5.82 Å². The number of hydrogen-bond donors (Lipinski definition) is 2. The van der Waals surface area contributed by atoms with E-state index in [1.807, 2.05) is 12.1 Å². The zero-order chi connectivity index (χ0) is 16.2. The third kappa shape index (κ3) is 4.15. The molecule has 0 aromatic carbocycles. The third-order valence-electron chi connectivity index (χ3n) is 4.96. The number of nitrogens with zero attached hydrogens (tertiary/aromatic N) is 2. The maximum absolute atomic E-state index is 12.4. The number of rotatable bonds is 3. The van der Waals surface area contributed by atoms with Crippen molar-refractivity contribution in [2.75, 3.05) is 18.0 Å². The van der Waals surface area contributed by atoms with Crippen LogP contribution in [0.15, 0.2) is 18.3 Å². The van der Waals surface area contributed by atoms with Crippen molar-refractivity contribution < 1.29 is 9.90 Å². The lowest BCUT2D eigenvalue weighted by atomic mass is 9.90. The summed E-state index contributed by atoms with van der Waals surface area (Å²) in [5, 5.41) is 13.7. The van der Waals surface area contributed by atoms with E-state index in [0.717, 1.165) is 57.4 Å². The Morgan fingerprint density at radius 3 is 2.61 bits per heavy atom. The molecule has 1 aliphatic heterocycles. The molecule has 2 N–H and O–H groups in total. The van der Waals surface area contributed by atoms with E-state index in [4.69, 9.17) is 11.6 Å². The Labute approximate surface area is 142 Å². The van der Waals surface area contributed by atoms with Crippen molar-refractivity contribution >= 4 is 23.3 Å². The predicted octanol–water partition coefficient (Wildman–Crippen LogP) is 2.37. The summed E-state index contributed by atoms with van der Waals surface area (Å²) < 4.78 is 0. The Morgan fingerprint density at radius 1 is 1.22 bits per heavy atom. The minimum atomic E-state index is -0.383. The molecule has 2 atom stereocenters. The summed E-state index contributed by atoms with van der Waals surface area (Å²) in [4.78, 5) is 19.0. The lowest BCUT2D eigenvalue weighted by Gasteiger charge is -2.34. The van der Waals surface area contributed by atoms with Crippen molar-refractivity contribution in [2.45, 2.75) is 50.7 Å². The number of amides is 1. The molecule has 0 bridgehead atoms. The molecule has 1 saturated heterocycles. The fourth-order valence-electron chi connectivity index (χ4n) is 3.51. The second-order valence-corrected chi connectivity index (χ2v) is 7.00. The van der Waals surface area contributed by atoms with E-state index < -0.39 is 0 Å². The van der Waals surface area contributed by atoms with Crippen LogP contribution in [0.1, 0.15) is 38.5 Å². The van der Waals surface area contributed by atoms with E-state index in [2.05, 4.69) is 15.2 Å². The van der Waals surface area contributed by atoms with Crippen LogP contribution in [-0.2, 0) is 4.79 Å². The number of anilines is 1. The summed E-state index contributed by atoms with van der Waals surface area (Å²) in [5.74, 6) is 1.04. The molecule has 1 aliphatic carbocycles. The molecule has 2 heterocycles. The Balaban J connectivity index is 1.50. The van der Waals surface area contributed by atoms with Crippen LogP contribution in [0.2, 0.25) is 5.02 Å². The average Bonchev–Trinajstić information content (AvgIpc) is 2.58. The summed E-state index contributed by atoms with van der Waals surface area (Å²) >= 11 is 5.87. The van der Waals surface area contributed by atoms with Gasteiger partial charge in [0.2, 0.25) is 5.91 Å².